The summed E-state index contributed by atoms with van der Waals surface area (Å²) in [6.45, 7) is 1.15. The van der Waals surface area contributed by atoms with Crippen LogP contribution in [-0.4, -0.2) is 36.2 Å². The Kier molecular flexibility index (Phi) is 5.83. The average Bonchev–Trinajstić information content (AvgIpc) is 2.96. The molecule has 2 N–H and O–H groups in total. The number of hydrogen-bond donors (Lipinski definition) is 2. The summed E-state index contributed by atoms with van der Waals surface area (Å²) in [5.41, 5.74) is 0. The number of rotatable bonds is 6. The summed E-state index contributed by atoms with van der Waals surface area (Å²) < 4.78 is 5.70. The molecule has 0 spiro atoms. The van der Waals surface area contributed by atoms with Crippen molar-refractivity contribution in [2.24, 2.45) is 11.8 Å². The first kappa shape index (κ1) is 15.3. The standard InChI is InChI=1S/C15H25NO4/c17-14(11-5-7-12(8-6-11)15(18)19)16-9-10-20-13-3-1-2-4-13/h11-13H,1-10H2,(H,16,17)(H,18,19). The highest BCUT2D eigenvalue weighted by atomic mass is 16.5. The topological polar surface area (TPSA) is 75.6 Å². The fraction of sp³-hybridized carbons (Fsp3) is 0.867. The van der Waals surface area contributed by atoms with Crippen molar-refractivity contribution in [3.63, 3.8) is 0 Å². The Labute approximate surface area is 120 Å². The van der Waals surface area contributed by atoms with Crippen LogP contribution in [0, 0.1) is 11.8 Å². The summed E-state index contributed by atoms with van der Waals surface area (Å²) in [6, 6.07) is 0. The second-order valence-electron chi connectivity index (χ2n) is 5.96. The van der Waals surface area contributed by atoms with Gasteiger partial charge < -0.3 is 15.2 Å². The van der Waals surface area contributed by atoms with Crippen molar-refractivity contribution in [1.29, 1.82) is 0 Å². The Bertz CT molecular complexity index is 331. The van der Waals surface area contributed by atoms with Crippen molar-refractivity contribution in [2.45, 2.75) is 57.5 Å². The lowest BCUT2D eigenvalue weighted by Crippen LogP contribution is -2.36. The molecule has 114 valence electrons. The Morgan fingerprint density at radius 1 is 1.00 bits per heavy atom. The van der Waals surface area contributed by atoms with Gasteiger partial charge in [-0.15, -0.1) is 0 Å². The van der Waals surface area contributed by atoms with E-state index in [1.54, 1.807) is 0 Å². The van der Waals surface area contributed by atoms with Crippen LogP contribution in [0.4, 0.5) is 0 Å². The number of carbonyl (C=O) groups is 2. The van der Waals surface area contributed by atoms with E-state index in [0.29, 0.717) is 44.9 Å². The minimum absolute atomic E-state index is 0.0166. The Morgan fingerprint density at radius 2 is 1.60 bits per heavy atom. The van der Waals surface area contributed by atoms with Gasteiger partial charge in [-0.05, 0) is 38.5 Å². The van der Waals surface area contributed by atoms with E-state index in [-0.39, 0.29) is 17.7 Å². The van der Waals surface area contributed by atoms with E-state index in [0.717, 1.165) is 12.8 Å². The molecule has 0 bridgehead atoms. The number of carboxylic acid groups (broad SMARTS) is 1. The van der Waals surface area contributed by atoms with Crippen LogP contribution < -0.4 is 5.32 Å². The molecule has 2 saturated carbocycles. The third-order valence-corrected chi connectivity index (χ3v) is 4.50. The number of carboxylic acids is 1. The molecule has 0 radical (unpaired) electrons. The number of amides is 1. The summed E-state index contributed by atoms with van der Waals surface area (Å²) in [5, 5.41) is 11.8. The van der Waals surface area contributed by atoms with E-state index < -0.39 is 5.97 Å². The highest BCUT2D eigenvalue weighted by molar-refractivity contribution is 5.79. The molecule has 1 amide bonds. The number of carbonyl (C=O) groups excluding carboxylic acids is 1. The maximum atomic E-state index is 12.0. The molecule has 0 aliphatic heterocycles. The van der Waals surface area contributed by atoms with Crippen molar-refractivity contribution in [2.75, 3.05) is 13.2 Å². The van der Waals surface area contributed by atoms with Crippen LogP contribution in [0.5, 0.6) is 0 Å². The molecule has 2 aliphatic carbocycles. The molecule has 0 aromatic rings. The highest BCUT2D eigenvalue weighted by Crippen LogP contribution is 2.29. The van der Waals surface area contributed by atoms with Crippen LogP contribution in [0.2, 0.25) is 0 Å². The summed E-state index contributed by atoms with van der Waals surface area (Å²) in [4.78, 5) is 22.8. The van der Waals surface area contributed by atoms with Gasteiger partial charge in [0.25, 0.3) is 0 Å². The molecule has 0 aromatic carbocycles. The molecule has 0 heterocycles. The summed E-state index contributed by atoms with van der Waals surface area (Å²) in [6.07, 6.45) is 7.79. The third-order valence-electron chi connectivity index (χ3n) is 4.50. The van der Waals surface area contributed by atoms with Gasteiger partial charge in [-0.2, -0.15) is 0 Å². The Hall–Kier alpha value is -1.10. The monoisotopic (exact) mass is 283 g/mol. The quantitative estimate of drug-likeness (QED) is 0.731. The first-order chi connectivity index (χ1) is 9.66. The third kappa shape index (κ3) is 4.47. The smallest absolute Gasteiger partial charge is 0.306 e. The normalized spacial score (nSPS) is 27.4. The van der Waals surface area contributed by atoms with Crippen LogP contribution in [-0.2, 0) is 14.3 Å². The SMILES string of the molecule is O=C(O)C1CCC(C(=O)NCCOC2CCCC2)CC1. The number of hydrogen-bond acceptors (Lipinski definition) is 3. The lowest BCUT2D eigenvalue weighted by Gasteiger charge is -2.25. The van der Waals surface area contributed by atoms with Gasteiger partial charge in [-0.1, -0.05) is 12.8 Å². The van der Waals surface area contributed by atoms with E-state index in [2.05, 4.69) is 5.32 Å². The van der Waals surface area contributed by atoms with Gasteiger partial charge in [0.15, 0.2) is 0 Å². The number of nitrogens with one attached hydrogen (secondary N) is 1. The molecule has 5 nitrogen and oxygen atoms in total. The maximum Gasteiger partial charge on any atom is 0.306 e. The Balaban J connectivity index is 1.57. The summed E-state index contributed by atoms with van der Waals surface area (Å²) in [7, 11) is 0. The van der Waals surface area contributed by atoms with Crippen molar-refractivity contribution >= 4 is 11.9 Å². The van der Waals surface area contributed by atoms with E-state index in [1.807, 2.05) is 0 Å². The Morgan fingerprint density at radius 3 is 2.20 bits per heavy atom. The van der Waals surface area contributed by atoms with Gasteiger partial charge >= 0.3 is 5.97 Å². The number of ether oxygens (including phenoxy) is 1. The molecule has 0 saturated heterocycles. The molecule has 2 rings (SSSR count). The fourth-order valence-corrected chi connectivity index (χ4v) is 3.20. The second-order valence-corrected chi connectivity index (χ2v) is 5.96. The summed E-state index contributed by atoms with van der Waals surface area (Å²) >= 11 is 0. The molecule has 0 atom stereocenters. The van der Waals surface area contributed by atoms with Gasteiger partial charge in [0.2, 0.25) is 5.91 Å². The van der Waals surface area contributed by atoms with Crippen molar-refractivity contribution in [3.8, 4) is 0 Å². The van der Waals surface area contributed by atoms with Crippen molar-refractivity contribution in [3.05, 3.63) is 0 Å². The lowest BCUT2D eigenvalue weighted by molar-refractivity contribution is -0.144. The van der Waals surface area contributed by atoms with E-state index >= 15 is 0 Å². The van der Waals surface area contributed by atoms with E-state index in [1.165, 1.54) is 12.8 Å². The van der Waals surface area contributed by atoms with Crippen LogP contribution in [0.15, 0.2) is 0 Å². The predicted octanol–water partition coefficient (Wildman–Crippen LogP) is 1.95. The molecule has 2 aliphatic rings. The van der Waals surface area contributed by atoms with E-state index in [4.69, 9.17) is 9.84 Å². The molecular formula is C15H25NO4. The first-order valence-corrected chi connectivity index (χ1v) is 7.79. The first-order valence-electron chi connectivity index (χ1n) is 7.79. The molecule has 0 unspecified atom stereocenters. The van der Waals surface area contributed by atoms with Gasteiger partial charge in [0, 0.05) is 12.5 Å². The second kappa shape index (κ2) is 7.62. The van der Waals surface area contributed by atoms with Crippen molar-refractivity contribution in [1.82, 2.24) is 5.32 Å². The van der Waals surface area contributed by atoms with Crippen LogP contribution in [0.25, 0.3) is 0 Å². The molecule has 20 heavy (non-hydrogen) atoms. The molecular weight excluding hydrogens is 258 g/mol. The zero-order valence-electron chi connectivity index (χ0n) is 12.0. The zero-order valence-corrected chi connectivity index (χ0v) is 12.0. The van der Waals surface area contributed by atoms with Gasteiger partial charge in [0.1, 0.15) is 0 Å². The minimum Gasteiger partial charge on any atom is -0.481 e. The van der Waals surface area contributed by atoms with Crippen LogP contribution in [0.3, 0.4) is 0 Å². The lowest BCUT2D eigenvalue weighted by atomic mass is 9.81. The van der Waals surface area contributed by atoms with Gasteiger partial charge in [-0.3, -0.25) is 9.59 Å². The largest absolute Gasteiger partial charge is 0.481 e. The molecule has 5 heteroatoms. The van der Waals surface area contributed by atoms with Crippen LogP contribution >= 0.6 is 0 Å². The van der Waals surface area contributed by atoms with E-state index in [9.17, 15) is 9.59 Å². The van der Waals surface area contributed by atoms with Crippen LogP contribution in [0.1, 0.15) is 51.4 Å². The number of aliphatic carboxylic acids is 1. The summed E-state index contributed by atoms with van der Waals surface area (Å²) in [5.74, 6) is -0.945. The molecule has 0 aromatic heterocycles. The average molecular weight is 283 g/mol. The highest BCUT2D eigenvalue weighted by Gasteiger charge is 2.29. The van der Waals surface area contributed by atoms with Gasteiger partial charge in [-0.25, -0.2) is 0 Å². The van der Waals surface area contributed by atoms with Crippen molar-refractivity contribution < 1.29 is 19.4 Å². The predicted molar refractivity (Wildman–Crippen MR) is 74.3 cm³/mol. The minimum atomic E-state index is -0.728. The maximum absolute atomic E-state index is 12.0. The van der Waals surface area contributed by atoms with Gasteiger partial charge in [0.05, 0.1) is 18.6 Å². The fourth-order valence-electron chi connectivity index (χ4n) is 3.20. The zero-order chi connectivity index (χ0) is 14.4. The molecule has 2 fully saturated rings.